The summed E-state index contributed by atoms with van der Waals surface area (Å²) < 4.78 is 0. The highest BCUT2D eigenvalue weighted by Crippen LogP contribution is 2.26. The van der Waals surface area contributed by atoms with Crippen LogP contribution in [0.15, 0.2) is 24.3 Å². The molecule has 0 radical (unpaired) electrons. The van der Waals surface area contributed by atoms with Gasteiger partial charge in [-0.15, -0.1) is 0 Å². The maximum atomic E-state index is 9.80. The highest BCUT2D eigenvalue weighted by atomic mass is 16.3. The molecule has 0 aromatic heterocycles. The molecule has 1 aliphatic rings. The molecule has 1 fully saturated rings. The lowest BCUT2D eigenvalue weighted by Gasteiger charge is -2.36. The van der Waals surface area contributed by atoms with Crippen LogP contribution in [0.5, 0.6) is 0 Å². The lowest BCUT2D eigenvalue weighted by Crippen LogP contribution is -2.46. The third-order valence-corrected chi connectivity index (χ3v) is 3.55. The Morgan fingerprint density at radius 3 is 2.41 bits per heavy atom. The molecule has 0 aliphatic carbocycles. The molecule has 0 bridgehead atoms. The van der Waals surface area contributed by atoms with Crippen molar-refractivity contribution in [2.24, 2.45) is 0 Å². The van der Waals surface area contributed by atoms with Gasteiger partial charge < -0.3 is 14.9 Å². The lowest BCUT2D eigenvalue weighted by atomic mass is 10.1. The summed E-state index contributed by atoms with van der Waals surface area (Å²) in [6.07, 6.45) is -0.393. The fourth-order valence-corrected chi connectivity index (χ4v) is 2.43. The molecule has 17 heavy (non-hydrogen) atoms. The third kappa shape index (κ3) is 2.79. The molecule has 2 rings (SSSR count). The summed E-state index contributed by atoms with van der Waals surface area (Å²) >= 11 is 0. The number of anilines is 1. The van der Waals surface area contributed by atoms with E-state index in [0.717, 1.165) is 38.3 Å². The van der Waals surface area contributed by atoms with Crippen molar-refractivity contribution in [3.63, 3.8) is 0 Å². The summed E-state index contributed by atoms with van der Waals surface area (Å²) in [5.74, 6) is 0. The molecule has 3 heteroatoms. The molecule has 1 saturated heterocycles. The van der Waals surface area contributed by atoms with E-state index in [1.807, 2.05) is 25.1 Å². The van der Waals surface area contributed by atoms with Gasteiger partial charge in [-0.25, -0.2) is 0 Å². The molecule has 1 N–H and O–H groups in total. The second-order valence-corrected chi connectivity index (χ2v) is 4.66. The molecule has 0 unspecified atom stereocenters. The molecule has 3 nitrogen and oxygen atoms in total. The number of likely N-dealkylation sites (N-methyl/N-ethyl adjacent to an activating group) is 1. The first-order valence-corrected chi connectivity index (χ1v) is 6.46. The minimum Gasteiger partial charge on any atom is -0.389 e. The van der Waals surface area contributed by atoms with Gasteiger partial charge in [0, 0.05) is 37.4 Å². The van der Waals surface area contributed by atoms with Gasteiger partial charge in [-0.05, 0) is 19.5 Å². The Kier molecular flexibility index (Phi) is 4.02. The van der Waals surface area contributed by atoms with Crippen LogP contribution in [0.2, 0.25) is 0 Å². The lowest BCUT2D eigenvalue weighted by molar-refractivity contribution is 0.199. The number of hydrogen-bond donors (Lipinski definition) is 1. The molecule has 94 valence electrons. The van der Waals surface area contributed by atoms with Crippen LogP contribution < -0.4 is 4.90 Å². The highest BCUT2D eigenvalue weighted by molar-refractivity contribution is 5.54. The van der Waals surface area contributed by atoms with E-state index < -0.39 is 6.10 Å². The smallest absolute Gasteiger partial charge is 0.0781 e. The monoisotopic (exact) mass is 234 g/mol. The molecule has 0 amide bonds. The maximum absolute atomic E-state index is 9.80. The minimum atomic E-state index is -0.393. The van der Waals surface area contributed by atoms with Gasteiger partial charge in [0.1, 0.15) is 0 Å². The van der Waals surface area contributed by atoms with E-state index in [1.165, 1.54) is 5.69 Å². The Labute approximate surface area is 104 Å². The first kappa shape index (κ1) is 12.4. The quantitative estimate of drug-likeness (QED) is 0.865. The Balaban J connectivity index is 2.13. The van der Waals surface area contributed by atoms with Crippen molar-refractivity contribution < 1.29 is 5.11 Å². The van der Waals surface area contributed by atoms with Gasteiger partial charge >= 0.3 is 0 Å². The fraction of sp³-hybridized carbons (Fsp3) is 0.571. The normalized spacial score (nSPS) is 19.4. The summed E-state index contributed by atoms with van der Waals surface area (Å²) in [4.78, 5) is 4.84. The first-order valence-electron chi connectivity index (χ1n) is 6.46. The van der Waals surface area contributed by atoms with E-state index in [-0.39, 0.29) is 0 Å². The van der Waals surface area contributed by atoms with Gasteiger partial charge in [-0.1, -0.05) is 25.1 Å². The zero-order chi connectivity index (χ0) is 12.3. The van der Waals surface area contributed by atoms with Crippen LogP contribution in [0, 0.1) is 0 Å². The van der Waals surface area contributed by atoms with E-state index in [1.54, 1.807) is 0 Å². The van der Waals surface area contributed by atoms with Crippen LogP contribution in [0.4, 0.5) is 5.69 Å². The Hall–Kier alpha value is -1.06. The largest absolute Gasteiger partial charge is 0.389 e. The highest BCUT2D eigenvalue weighted by Gasteiger charge is 2.18. The molecular weight excluding hydrogens is 212 g/mol. The Morgan fingerprint density at radius 2 is 1.82 bits per heavy atom. The molecule has 0 spiro atoms. The second kappa shape index (κ2) is 5.52. The average molecular weight is 234 g/mol. The third-order valence-electron chi connectivity index (χ3n) is 3.55. The first-order chi connectivity index (χ1) is 8.22. The molecule has 0 saturated carbocycles. The van der Waals surface area contributed by atoms with Crippen molar-refractivity contribution in [1.82, 2.24) is 4.90 Å². The van der Waals surface area contributed by atoms with Crippen LogP contribution in [-0.2, 0) is 0 Å². The standard InChI is InChI=1S/C14H22N2O/c1-3-15-8-10-16(11-9-15)14-7-5-4-6-13(14)12(2)17/h4-7,12,17H,3,8-11H2,1-2H3/t12-/m0/s1. The summed E-state index contributed by atoms with van der Waals surface area (Å²) in [6, 6.07) is 8.18. The van der Waals surface area contributed by atoms with Gasteiger partial charge in [-0.3, -0.25) is 0 Å². The summed E-state index contributed by atoms with van der Waals surface area (Å²) in [6.45, 7) is 9.51. The Morgan fingerprint density at radius 1 is 1.18 bits per heavy atom. The molecule has 1 heterocycles. The van der Waals surface area contributed by atoms with Crippen molar-refractivity contribution in [2.45, 2.75) is 20.0 Å². The van der Waals surface area contributed by atoms with Gasteiger partial charge in [0.2, 0.25) is 0 Å². The summed E-state index contributed by atoms with van der Waals surface area (Å²) in [5, 5.41) is 9.80. The molecular formula is C14H22N2O. The van der Waals surface area contributed by atoms with Crippen molar-refractivity contribution in [1.29, 1.82) is 0 Å². The van der Waals surface area contributed by atoms with E-state index in [9.17, 15) is 5.11 Å². The summed E-state index contributed by atoms with van der Waals surface area (Å²) in [7, 11) is 0. The van der Waals surface area contributed by atoms with E-state index >= 15 is 0 Å². The van der Waals surface area contributed by atoms with Gasteiger partial charge in [0.15, 0.2) is 0 Å². The average Bonchev–Trinajstić information content (AvgIpc) is 2.39. The molecule has 1 aromatic carbocycles. The van der Waals surface area contributed by atoms with Crippen LogP contribution in [0.1, 0.15) is 25.5 Å². The maximum Gasteiger partial charge on any atom is 0.0781 e. The number of aliphatic hydroxyl groups excluding tert-OH is 1. The SMILES string of the molecule is CCN1CCN(c2ccccc2[C@H](C)O)CC1. The number of hydrogen-bond acceptors (Lipinski definition) is 3. The van der Waals surface area contributed by atoms with E-state index in [4.69, 9.17) is 0 Å². The number of piperazine rings is 1. The molecule has 1 aliphatic heterocycles. The van der Waals surface area contributed by atoms with Crippen LogP contribution in [0.25, 0.3) is 0 Å². The fourth-order valence-electron chi connectivity index (χ4n) is 2.43. The van der Waals surface area contributed by atoms with E-state index in [2.05, 4.69) is 22.8 Å². The number of rotatable bonds is 3. The number of benzene rings is 1. The van der Waals surface area contributed by atoms with Crippen LogP contribution >= 0.6 is 0 Å². The molecule has 1 atom stereocenters. The molecule has 1 aromatic rings. The van der Waals surface area contributed by atoms with Crippen LogP contribution in [-0.4, -0.2) is 42.7 Å². The second-order valence-electron chi connectivity index (χ2n) is 4.66. The van der Waals surface area contributed by atoms with E-state index in [0.29, 0.717) is 0 Å². The van der Waals surface area contributed by atoms with Crippen molar-refractivity contribution in [3.8, 4) is 0 Å². The van der Waals surface area contributed by atoms with Gasteiger partial charge in [0.05, 0.1) is 6.10 Å². The van der Waals surface area contributed by atoms with Crippen molar-refractivity contribution in [2.75, 3.05) is 37.6 Å². The number of para-hydroxylation sites is 1. The van der Waals surface area contributed by atoms with Gasteiger partial charge in [-0.2, -0.15) is 0 Å². The van der Waals surface area contributed by atoms with Crippen molar-refractivity contribution in [3.05, 3.63) is 29.8 Å². The Bertz CT molecular complexity index is 357. The van der Waals surface area contributed by atoms with Gasteiger partial charge in [0.25, 0.3) is 0 Å². The van der Waals surface area contributed by atoms with Crippen molar-refractivity contribution >= 4 is 5.69 Å². The minimum absolute atomic E-state index is 0.393. The van der Waals surface area contributed by atoms with Crippen LogP contribution in [0.3, 0.4) is 0 Å². The predicted octanol–water partition coefficient (Wildman–Crippen LogP) is 1.88. The topological polar surface area (TPSA) is 26.7 Å². The predicted molar refractivity (Wildman–Crippen MR) is 71.4 cm³/mol. The zero-order valence-corrected chi connectivity index (χ0v) is 10.8. The zero-order valence-electron chi connectivity index (χ0n) is 10.8. The number of aliphatic hydroxyl groups is 1. The summed E-state index contributed by atoms with van der Waals surface area (Å²) in [5.41, 5.74) is 2.23. The number of nitrogens with zero attached hydrogens (tertiary/aromatic N) is 2.